The lowest BCUT2D eigenvalue weighted by atomic mass is 10.1. The van der Waals surface area contributed by atoms with E-state index in [1.807, 2.05) is 19.9 Å². The van der Waals surface area contributed by atoms with Crippen molar-refractivity contribution >= 4 is 5.69 Å². The van der Waals surface area contributed by atoms with Gasteiger partial charge in [0.2, 0.25) is 0 Å². The highest BCUT2D eigenvalue weighted by molar-refractivity contribution is 5.54. The minimum absolute atomic E-state index is 0.00249. The van der Waals surface area contributed by atoms with Gasteiger partial charge in [-0.05, 0) is 44.0 Å². The first-order valence-corrected chi connectivity index (χ1v) is 6.37. The normalized spacial score (nSPS) is 10.0. The van der Waals surface area contributed by atoms with Crippen LogP contribution in [0.4, 0.5) is 5.69 Å². The Morgan fingerprint density at radius 3 is 2.48 bits per heavy atom. The van der Waals surface area contributed by atoms with Crippen molar-refractivity contribution in [2.45, 2.75) is 20.8 Å². The van der Waals surface area contributed by atoms with E-state index in [4.69, 9.17) is 10.00 Å². The maximum Gasteiger partial charge on any atom is 0.276 e. The van der Waals surface area contributed by atoms with Crippen LogP contribution in [0.1, 0.15) is 22.3 Å². The number of nitro benzene ring substituents is 1. The summed E-state index contributed by atoms with van der Waals surface area (Å²) in [5.41, 5.74) is 2.57. The summed E-state index contributed by atoms with van der Waals surface area (Å²) in [6, 6.07) is 10.4. The lowest BCUT2D eigenvalue weighted by Crippen LogP contribution is -1.97. The molecule has 106 valence electrons. The Kier molecular flexibility index (Phi) is 3.90. The van der Waals surface area contributed by atoms with Crippen molar-refractivity contribution in [3.8, 4) is 17.6 Å². The first-order chi connectivity index (χ1) is 9.93. The molecule has 2 aromatic rings. The Morgan fingerprint density at radius 2 is 1.86 bits per heavy atom. The molecule has 0 saturated carbocycles. The third-order valence-electron chi connectivity index (χ3n) is 3.23. The maximum absolute atomic E-state index is 11.0. The number of aryl methyl sites for hydroxylation is 3. The molecule has 0 aliphatic heterocycles. The van der Waals surface area contributed by atoms with Gasteiger partial charge >= 0.3 is 0 Å². The Hall–Kier alpha value is -2.87. The Morgan fingerprint density at radius 1 is 1.14 bits per heavy atom. The lowest BCUT2D eigenvalue weighted by molar-refractivity contribution is -0.385. The zero-order valence-corrected chi connectivity index (χ0v) is 12.0. The third kappa shape index (κ3) is 2.84. The summed E-state index contributed by atoms with van der Waals surface area (Å²) in [5.74, 6) is 0.819. The van der Waals surface area contributed by atoms with Crippen LogP contribution in [-0.2, 0) is 0 Å². The van der Waals surface area contributed by atoms with Crippen LogP contribution < -0.4 is 4.74 Å². The predicted molar refractivity (Wildman–Crippen MR) is 78.5 cm³/mol. The average molecular weight is 282 g/mol. The van der Waals surface area contributed by atoms with E-state index in [0.29, 0.717) is 22.6 Å². The van der Waals surface area contributed by atoms with Crippen molar-refractivity contribution < 1.29 is 9.66 Å². The molecule has 0 aliphatic carbocycles. The van der Waals surface area contributed by atoms with Crippen LogP contribution in [0.5, 0.6) is 11.5 Å². The zero-order chi connectivity index (χ0) is 15.6. The number of hydrogen-bond acceptors (Lipinski definition) is 4. The number of ether oxygens (including phenoxy) is 1. The number of nitriles is 1. The van der Waals surface area contributed by atoms with Crippen molar-refractivity contribution in [2.24, 2.45) is 0 Å². The third-order valence-corrected chi connectivity index (χ3v) is 3.23. The molecular weight excluding hydrogens is 268 g/mol. The number of hydrogen-bond donors (Lipinski definition) is 0. The molecule has 0 N–H and O–H groups in total. The quantitative estimate of drug-likeness (QED) is 0.625. The second-order valence-corrected chi connectivity index (χ2v) is 4.83. The molecule has 0 heterocycles. The SMILES string of the molecule is Cc1cc(C)c([N+](=O)[O-])cc1Oc1c(C)cccc1C#N. The number of rotatable bonds is 3. The standard InChI is InChI=1S/C16H14N2O3/c1-10-5-4-6-13(9-17)16(10)21-15-8-14(18(19)20)11(2)7-12(15)3/h4-8H,1-3H3. The minimum Gasteiger partial charge on any atom is -0.455 e. The van der Waals surface area contributed by atoms with Crippen molar-refractivity contribution in [3.63, 3.8) is 0 Å². The van der Waals surface area contributed by atoms with Crippen LogP contribution in [-0.4, -0.2) is 4.92 Å². The predicted octanol–water partition coefficient (Wildman–Crippen LogP) is 4.18. The molecular formula is C16H14N2O3. The van der Waals surface area contributed by atoms with Gasteiger partial charge in [0.15, 0.2) is 0 Å². The molecule has 0 aromatic heterocycles. The smallest absolute Gasteiger partial charge is 0.276 e. The fourth-order valence-electron chi connectivity index (χ4n) is 2.11. The van der Waals surface area contributed by atoms with Gasteiger partial charge in [0.1, 0.15) is 17.6 Å². The first kappa shape index (κ1) is 14.5. The van der Waals surface area contributed by atoms with Gasteiger partial charge in [-0.3, -0.25) is 10.1 Å². The van der Waals surface area contributed by atoms with Gasteiger partial charge in [0.05, 0.1) is 16.6 Å². The van der Waals surface area contributed by atoms with Crippen molar-refractivity contribution in [1.82, 2.24) is 0 Å². The molecule has 2 rings (SSSR count). The van der Waals surface area contributed by atoms with E-state index >= 15 is 0 Å². The number of para-hydroxylation sites is 1. The summed E-state index contributed by atoms with van der Waals surface area (Å²) in [7, 11) is 0. The number of benzene rings is 2. The Labute approximate surface area is 122 Å². The highest BCUT2D eigenvalue weighted by Gasteiger charge is 2.16. The summed E-state index contributed by atoms with van der Waals surface area (Å²) in [4.78, 5) is 10.6. The Balaban J connectivity index is 2.53. The molecule has 0 saturated heterocycles. The van der Waals surface area contributed by atoms with Crippen LogP contribution in [0, 0.1) is 42.2 Å². The minimum atomic E-state index is -0.440. The van der Waals surface area contributed by atoms with Gasteiger partial charge in [-0.1, -0.05) is 12.1 Å². The topological polar surface area (TPSA) is 76.2 Å². The number of nitro groups is 1. The first-order valence-electron chi connectivity index (χ1n) is 6.37. The summed E-state index contributed by atoms with van der Waals surface area (Å²) < 4.78 is 5.78. The summed E-state index contributed by atoms with van der Waals surface area (Å²) in [6.07, 6.45) is 0. The van der Waals surface area contributed by atoms with E-state index in [2.05, 4.69) is 6.07 Å². The molecule has 2 aromatic carbocycles. The largest absolute Gasteiger partial charge is 0.455 e. The fourth-order valence-corrected chi connectivity index (χ4v) is 2.11. The molecule has 0 bridgehead atoms. The van der Waals surface area contributed by atoms with Gasteiger partial charge < -0.3 is 4.74 Å². The van der Waals surface area contributed by atoms with Crippen LogP contribution >= 0.6 is 0 Å². The molecule has 21 heavy (non-hydrogen) atoms. The van der Waals surface area contributed by atoms with Crippen molar-refractivity contribution in [2.75, 3.05) is 0 Å². The monoisotopic (exact) mass is 282 g/mol. The zero-order valence-electron chi connectivity index (χ0n) is 12.0. The van der Waals surface area contributed by atoms with Gasteiger partial charge in [0, 0.05) is 5.56 Å². The number of nitrogens with zero attached hydrogens (tertiary/aromatic N) is 2. The van der Waals surface area contributed by atoms with Gasteiger partial charge in [-0.2, -0.15) is 5.26 Å². The highest BCUT2D eigenvalue weighted by atomic mass is 16.6. The average Bonchev–Trinajstić information content (AvgIpc) is 2.43. The molecule has 5 nitrogen and oxygen atoms in total. The molecule has 0 amide bonds. The second-order valence-electron chi connectivity index (χ2n) is 4.83. The van der Waals surface area contributed by atoms with Crippen LogP contribution in [0.3, 0.4) is 0 Å². The van der Waals surface area contributed by atoms with E-state index in [0.717, 1.165) is 11.1 Å². The van der Waals surface area contributed by atoms with Gasteiger partial charge in [-0.15, -0.1) is 0 Å². The fraction of sp³-hybridized carbons (Fsp3) is 0.188. The van der Waals surface area contributed by atoms with Gasteiger partial charge in [0.25, 0.3) is 5.69 Å². The maximum atomic E-state index is 11.0. The summed E-state index contributed by atoms with van der Waals surface area (Å²) >= 11 is 0. The molecule has 0 atom stereocenters. The summed E-state index contributed by atoms with van der Waals surface area (Å²) in [5, 5.41) is 20.2. The van der Waals surface area contributed by atoms with E-state index < -0.39 is 4.92 Å². The molecule has 0 radical (unpaired) electrons. The summed E-state index contributed by atoms with van der Waals surface area (Å²) in [6.45, 7) is 5.33. The van der Waals surface area contributed by atoms with Crippen molar-refractivity contribution in [3.05, 3.63) is 62.7 Å². The van der Waals surface area contributed by atoms with E-state index in [9.17, 15) is 10.1 Å². The van der Waals surface area contributed by atoms with E-state index in [-0.39, 0.29) is 5.69 Å². The molecule has 5 heteroatoms. The van der Waals surface area contributed by atoms with Crippen LogP contribution in [0.2, 0.25) is 0 Å². The molecule has 0 aliphatic rings. The molecule has 0 spiro atoms. The van der Waals surface area contributed by atoms with Crippen LogP contribution in [0.15, 0.2) is 30.3 Å². The molecule has 0 fully saturated rings. The highest BCUT2D eigenvalue weighted by Crippen LogP contribution is 2.34. The van der Waals surface area contributed by atoms with Crippen molar-refractivity contribution in [1.29, 1.82) is 5.26 Å². The second kappa shape index (κ2) is 5.63. The molecule has 0 unspecified atom stereocenters. The lowest BCUT2D eigenvalue weighted by Gasteiger charge is -2.13. The van der Waals surface area contributed by atoms with E-state index in [1.54, 1.807) is 25.1 Å². The van der Waals surface area contributed by atoms with Crippen LogP contribution in [0.25, 0.3) is 0 Å². The Bertz CT molecular complexity index is 761. The van der Waals surface area contributed by atoms with E-state index in [1.165, 1.54) is 6.07 Å². The van der Waals surface area contributed by atoms with Gasteiger partial charge in [-0.25, -0.2) is 0 Å².